The highest BCUT2D eigenvalue weighted by molar-refractivity contribution is 4.70. The van der Waals surface area contributed by atoms with E-state index in [2.05, 4.69) is 0 Å². The molecule has 0 amide bonds. The second-order valence-corrected chi connectivity index (χ2v) is 7.27. The van der Waals surface area contributed by atoms with Gasteiger partial charge in [-0.15, -0.1) is 0 Å². The van der Waals surface area contributed by atoms with Gasteiger partial charge < -0.3 is 33.5 Å². The van der Waals surface area contributed by atoms with Crippen LogP contribution < -0.4 is 0 Å². The summed E-state index contributed by atoms with van der Waals surface area (Å²) in [4.78, 5) is 0. The van der Waals surface area contributed by atoms with Crippen LogP contribution in [0.1, 0.15) is 41.5 Å². The largest absolute Gasteiger partial charge is 0.391 e. The molecule has 1 aliphatic heterocycles. The number of rotatable bonds is 13. The Morgan fingerprint density at radius 2 is 1.48 bits per heavy atom. The molecule has 0 aromatic heterocycles. The van der Waals surface area contributed by atoms with Gasteiger partial charge in [-0.1, -0.05) is 0 Å². The highest BCUT2D eigenvalue weighted by Crippen LogP contribution is 2.22. The molecule has 5 unspecified atom stereocenters. The molecule has 0 saturated carbocycles. The summed E-state index contributed by atoms with van der Waals surface area (Å²) in [6.45, 7) is 14.2. The Morgan fingerprint density at radius 3 is 2.00 bits per heavy atom. The van der Waals surface area contributed by atoms with Gasteiger partial charge in [-0.3, -0.25) is 0 Å². The van der Waals surface area contributed by atoms with Crippen LogP contribution in [0.4, 0.5) is 0 Å². The minimum absolute atomic E-state index is 0.0249. The Kier molecular flexibility index (Phi) is 10.4. The third-order valence-corrected chi connectivity index (χ3v) is 3.58. The van der Waals surface area contributed by atoms with E-state index in [1.54, 1.807) is 6.92 Å². The number of aliphatic hydroxyl groups excluding tert-OH is 1. The maximum atomic E-state index is 9.16. The van der Waals surface area contributed by atoms with Gasteiger partial charge in [-0.25, -0.2) is 0 Å². The second-order valence-electron chi connectivity index (χ2n) is 7.27. The van der Waals surface area contributed by atoms with Gasteiger partial charge in [-0.05, 0) is 41.5 Å². The summed E-state index contributed by atoms with van der Waals surface area (Å²) in [5.74, 6) is -0.518. The zero-order valence-electron chi connectivity index (χ0n) is 16.5. The number of hydrogen-bond donors (Lipinski definition) is 1. The van der Waals surface area contributed by atoms with Crippen LogP contribution in [-0.2, 0) is 28.4 Å². The first-order valence-corrected chi connectivity index (χ1v) is 9.10. The second kappa shape index (κ2) is 11.4. The van der Waals surface area contributed by atoms with Crippen LogP contribution in [0.5, 0.6) is 0 Å². The molecule has 5 atom stereocenters. The fourth-order valence-corrected chi connectivity index (χ4v) is 2.26. The number of ether oxygens (including phenoxy) is 6. The Morgan fingerprint density at radius 1 is 0.920 bits per heavy atom. The molecule has 7 nitrogen and oxygen atoms in total. The van der Waals surface area contributed by atoms with Crippen molar-refractivity contribution in [3.8, 4) is 0 Å². The monoisotopic (exact) mass is 364 g/mol. The third kappa shape index (κ3) is 11.1. The Balaban J connectivity index is 2.02. The molecule has 25 heavy (non-hydrogen) atoms. The molecule has 0 bridgehead atoms. The molecule has 1 aliphatic rings. The lowest BCUT2D eigenvalue weighted by molar-refractivity contribution is -0.150. The lowest BCUT2D eigenvalue weighted by atomic mass is 10.3. The van der Waals surface area contributed by atoms with Crippen molar-refractivity contribution >= 4 is 0 Å². The molecule has 0 spiro atoms. The standard InChI is InChI=1S/C18H36O7/c1-13(19)7-21-14(2)8-20-9-15(3)22-10-16(4)23-11-17-12-24-18(5,6)25-17/h13-17,19H,7-12H2,1-6H3. The molecule has 1 rings (SSSR count). The SMILES string of the molecule is CC(O)COC(C)COCC(C)OCC(C)OCC1COC(C)(C)O1. The first-order valence-electron chi connectivity index (χ1n) is 9.10. The van der Waals surface area contributed by atoms with Crippen LogP contribution in [0.15, 0.2) is 0 Å². The van der Waals surface area contributed by atoms with E-state index < -0.39 is 11.9 Å². The summed E-state index contributed by atoms with van der Waals surface area (Å²) in [5.41, 5.74) is 0. The molecule has 7 heteroatoms. The first kappa shape index (κ1) is 22.8. The predicted octanol–water partition coefficient (Wildman–Crippen LogP) is 1.75. The minimum Gasteiger partial charge on any atom is -0.391 e. The molecule has 1 N–H and O–H groups in total. The average Bonchev–Trinajstić information content (AvgIpc) is 2.88. The van der Waals surface area contributed by atoms with Crippen molar-refractivity contribution in [1.29, 1.82) is 0 Å². The summed E-state index contributed by atoms with van der Waals surface area (Å²) >= 11 is 0. The van der Waals surface area contributed by atoms with Crippen LogP contribution in [0, 0.1) is 0 Å². The Hall–Kier alpha value is -0.280. The summed E-state index contributed by atoms with van der Waals surface area (Å²) < 4.78 is 33.7. The van der Waals surface area contributed by atoms with Crippen molar-refractivity contribution in [2.75, 3.05) is 39.6 Å². The lowest BCUT2D eigenvalue weighted by Crippen LogP contribution is -2.29. The fraction of sp³-hybridized carbons (Fsp3) is 1.00. The summed E-state index contributed by atoms with van der Waals surface area (Å²) in [5, 5.41) is 9.16. The Bertz CT molecular complexity index is 348. The molecule has 1 saturated heterocycles. The van der Waals surface area contributed by atoms with E-state index in [0.29, 0.717) is 39.6 Å². The summed E-state index contributed by atoms with van der Waals surface area (Å²) in [7, 11) is 0. The molecule has 0 aromatic carbocycles. The van der Waals surface area contributed by atoms with E-state index >= 15 is 0 Å². The highest BCUT2D eigenvalue weighted by atomic mass is 16.7. The van der Waals surface area contributed by atoms with E-state index in [1.165, 1.54) is 0 Å². The van der Waals surface area contributed by atoms with Crippen molar-refractivity contribution in [2.45, 2.75) is 77.8 Å². The number of aliphatic hydroxyl groups is 1. The minimum atomic E-state index is -0.518. The van der Waals surface area contributed by atoms with Crippen molar-refractivity contribution < 1.29 is 33.5 Å². The van der Waals surface area contributed by atoms with Gasteiger partial charge in [0.15, 0.2) is 5.79 Å². The van der Waals surface area contributed by atoms with Gasteiger partial charge in [0, 0.05) is 0 Å². The average molecular weight is 364 g/mol. The van der Waals surface area contributed by atoms with Gasteiger partial charge >= 0.3 is 0 Å². The Labute approximate surface area is 151 Å². The van der Waals surface area contributed by atoms with Crippen molar-refractivity contribution in [3.63, 3.8) is 0 Å². The molecular formula is C18H36O7. The van der Waals surface area contributed by atoms with Gasteiger partial charge in [0.1, 0.15) is 6.10 Å². The molecule has 0 aliphatic carbocycles. The van der Waals surface area contributed by atoms with Crippen LogP contribution in [0.3, 0.4) is 0 Å². The van der Waals surface area contributed by atoms with Crippen molar-refractivity contribution in [1.82, 2.24) is 0 Å². The normalized spacial score (nSPS) is 24.8. The maximum Gasteiger partial charge on any atom is 0.163 e. The van der Waals surface area contributed by atoms with Crippen molar-refractivity contribution in [2.24, 2.45) is 0 Å². The predicted molar refractivity (Wildman–Crippen MR) is 93.6 cm³/mol. The lowest BCUT2D eigenvalue weighted by Gasteiger charge is -2.21. The van der Waals surface area contributed by atoms with Crippen LogP contribution in [-0.4, -0.2) is 81.1 Å². The van der Waals surface area contributed by atoms with E-state index in [4.69, 9.17) is 33.5 Å². The zero-order chi connectivity index (χ0) is 18.9. The molecule has 1 fully saturated rings. The van der Waals surface area contributed by atoms with Crippen LogP contribution >= 0.6 is 0 Å². The van der Waals surface area contributed by atoms with E-state index in [0.717, 1.165) is 0 Å². The van der Waals surface area contributed by atoms with Crippen LogP contribution in [0.2, 0.25) is 0 Å². The molecule has 0 aromatic rings. The zero-order valence-corrected chi connectivity index (χ0v) is 16.5. The van der Waals surface area contributed by atoms with E-state index in [-0.39, 0.29) is 24.4 Å². The molecule has 1 heterocycles. The van der Waals surface area contributed by atoms with Crippen LogP contribution in [0.25, 0.3) is 0 Å². The molecule has 150 valence electrons. The number of hydrogen-bond acceptors (Lipinski definition) is 7. The fourth-order valence-electron chi connectivity index (χ4n) is 2.26. The summed E-state index contributed by atoms with van der Waals surface area (Å²) in [6.07, 6.45) is -0.593. The van der Waals surface area contributed by atoms with E-state index in [1.807, 2.05) is 34.6 Å². The van der Waals surface area contributed by atoms with E-state index in [9.17, 15) is 0 Å². The topological polar surface area (TPSA) is 75.6 Å². The van der Waals surface area contributed by atoms with Crippen molar-refractivity contribution in [3.05, 3.63) is 0 Å². The summed E-state index contributed by atoms with van der Waals surface area (Å²) in [6, 6.07) is 0. The van der Waals surface area contributed by atoms with Gasteiger partial charge in [0.2, 0.25) is 0 Å². The van der Waals surface area contributed by atoms with Gasteiger partial charge in [-0.2, -0.15) is 0 Å². The van der Waals surface area contributed by atoms with Gasteiger partial charge in [0.25, 0.3) is 0 Å². The molecule has 0 radical (unpaired) electrons. The smallest absolute Gasteiger partial charge is 0.163 e. The van der Waals surface area contributed by atoms with Gasteiger partial charge in [0.05, 0.1) is 64.1 Å². The highest BCUT2D eigenvalue weighted by Gasteiger charge is 2.32. The molecular weight excluding hydrogens is 328 g/mol. The first-order chi connectivity index (χ1) is 11.7. The third-order valence-electron chi connectivity index (χ3n) is 3.58. The maximum absolute atomic E-state index is 9.16. The quantitative estimate of drug-likeness (QED) is 0.533.